The summed E-state index contributed by atoms with van der Waals surface area (Å²) in [5.74, 6) is 0.248. The number of carbonyl (C=O) groups is 1. The molecule has 0 atom stereocenters. The molecule has 0 spiro atoms. The van der Waals surface area contributed by atoms with Gasteiger partial charge in [0.15, 0.2) is 0 Å². The first-order chi connectivity index (χ1) is 12.7. The van der Waals surface area contributed by atoms with Crippen molar-refractivity contribution in [3.63, 3.8) is 0 Å². The fourth-order valence-electron chi connectivity index (χ4n) is 3.17. The average Bonchev–Trinajstić information content (AvgIpc) is 2.67. The van der Waals surface area contributed by atoms with E-state index < -0.39 is 0 Å². The number of hydrogen-bond donors (Lipinski definition) is 0. The van der Waals surface area contributed by atoms with E-state index in [9.17, 15) is 4.79 Å². The van der Waals surface area contributed by atoms with Gasteiger partial charge in [-0.15, -0.1) is 0 Å². The molecular formula is C24H22O2. The maximum Gasteiger partial charge on any atom is 0.308 e. The first kappa shape index (κ1) is 17.7. The molecule has 0 aliphatic carbocycles. The van der Waals surface area contributed by atoms with Crippen LogP contribution in [0.1, 0.15) is 37.0 Å². The Balaban J connectivity index is 2.23. The van der Waals surface area contributed by atoms with Crippen molar-refractivity contribution < 1.29 is 9.53 Å². The summed E-state index contributed by atoms with van der Waals surface area (Å²) in [6.45, 7) is 3.59. The van der Waals surface area contributed by atoms with Gasteiger partial charge in [-0.1, -0.05) is 79.7 Å². The van der Waals surface area contributed by atoms with Gasteiger partial charge in [0.1, 0.15) is 5.75 Å². The Labute approximate surface area is 154 Å². The van der Waals surface area contributed by atoms with Crippen LogP contribution in [0.4, 0.5) is 0 Å². The lowest BCUT2D eigenvalue weighted by Crippen LogP contribution is -2.02. The summed E-state index contributed by atoms with van der Waals surface area (Å²) >= 11 is 0. The quantitative estimate of drug-likeness (QED) is 0.324. The second-order valence-corrected chi connectivity index (χ2v) is 6.06. The van der Waals surface area contributed by atoms with E-state index in [2.05, 4.69) is 49.4 Å². The summed E-state index contributed by atoms with van der Waals surface area (Å²) in [4.78, 5) is 11.3. The third kappa shape index (κ3) is 4.09. The Morgan fingerprint density at radius 1 is 0.769 bits per heavy atom. The molecule has 2 nitrogen and oxygen atoms in total. The Morgan fingerprint density at radius 3 is 1.92 bits per heavy atom. The molecule has 2 heteroatoms. The Morgan fingerprint density at radius 2 is 1.35 bits per heavy atom. The Bertz CT molecular complexity index is 909. The van der Waals surface area contributed by atoms with Crippen molar-refractivity contribution in [2.75, 3.05) is 0 Å². The molecule has 26 heavy (non-hydrogen) atoms. The first-order valence-corrected chi connectivity index (χ1v) is 8.82. The number of ether oxygens (including phenoxy) is 1. The van der Waals surface area contributed by atoms with Crippen molar-refractivity contribution in [1.82, 2.24) is 0 Å². The van der Waals surface area contributed by atoms with Crippen LogP contribution in [-0.2, 0) is 4.79 Å². The summed E-state index contributed by atoms with van der Waals surface area (Å²) in [7, 11) is 0. The molecule has 0 aliphatic heterocycles. The van der Waals surface area contributed by atoms with Gasteiger partial charge in [-0.2, -0.15) is 0 Å². The van der Waals surface area contributed by atoms with Gasteiger partial charge in [-0.25, -0.2) is 0 Å². The van der Waals surface area contributed by atoms with Gasteiger partial charge in [0.2, 0.25) is 0 Å². The molecule has 0 amide bonds. The first-order valence-electron chi connectivity index (χ1n) is 8.82. The van der Waals surface area contributed by atoms with Crippen LogP contribution in [0.15, 0.2) is 84.9 Å². The fourth-order valence-corrected chi connectivity index (χ4v) is 3.17. The van der Waals surface area contributed by atoms with Crippen molar-refractivity contribution in [3.8, 4) is 5.75 Å². The van der Waals surface area contributed by atoms with E-state index in [0.29, 0.717) is 5.75 Å². The van der Waals surface area contributed by atoms with E-state index >= 15 is 0 Å². The zero-order chi connectivity index (χ0) is 18.4. The molecule has 0 N–H and O–H groups in total. The molecule has 0 fully saturated rings. The molecule has 0 unspecified atom stereocenters. The van der Waals surface area contributed by atoms with Crippen LogP contribution in [0.25, 0.3) is 11.1 Å². The summed E-state index contributed by atoms with van der Waals surface area (Å²) < 4.78 is 5.30. The standard InChI is InChI=1S/C24H22O2/c1-3-23(19-11-6-4-7-12-19)24(20-13-8-5-9-14-20)21-15-10-16-22(17-21)26-18(2)25/h4-17H,3H2,1-2H3/b24-23-. The maximum atomic E-state index is 11.3. The molecule has 0 aliphatic rings. The fraction of sp³-hybridized carbons (Fsp3) is 0.125. The predicted molar refractivity (Wildman–Crippen MR) is 107 cm³/mol. The largest absolute Gasteiger partial charge is 0.427 e. The van der Waals surface area contributed by atoms with E-state index in [1.807, 2.05) is 42.5 Å². The lowest BCUT2D eigenvalue weighted by Gasteiger charge is -2.17. The summed E-state index contributed by atoms with van der Waals surface area (Å²) in [5, 5.41) is 0. The summed E-state index contributed by atoms with van der Waals surface area (Å²) in [6, 6.07) is 28.5. The van der Waals surface area contributed by atoms with Gasteiger partial charge < -0.3 is 4.74 Å². The van der Waals surface area contributed by atoms with Crippen LogP contribution in [0.2, 0.25) is 0 Å². The maximum absolute atomic E-state index is 11.3. The lowest BCUT2D eigenvalue weighted by molar-refractivity contribution is -0.131. The van der Waals surface area contributed by atoms with Crippen molar-refractivity contribution >= 4 is 17.1 Å². The molecule has 3 aromatic carbocycles. The van der Waals surface area contributed by atoms with Crippen molar-refractivity contribution in [2.24, 2.45) is 0 Å². The second-order valence-electron chi connectivity index (χ2n) is 6.06. The SMILES string of the molecule is CC/C(=C(\c1ccccc1)c1cccc(OC(C)=O)c1)c1ccccc1. The van der Waals surface area contributed by atoms with Crippen LogP contribution in [0, 0.1) is 0 Å². The van der Waals surface area contributed by atoms with Gasteiger partial charge in [0.05, 0.1) is 0 Å². The Hall–Kier alpha value is -3.13. The van der Waals surface area contributed by atoms with Gasteiger partial charge >= 0.3 is 5.97 Å². The van der Waals surface area contributed by atoms with Gasteiger partial charge in [0.25, 0.3) is 0 Å². The molecule has 0 aromatic heterocycles. The van der Waals surface area contributed by atoms with Gasteiger partial charge in [-0.3, -0.25) is 4.79 Å². The topological polar surface area (TPSA) is 26.3 Å². The lowest BCUT2D eigenvalue weighted by atomic mass is 9.88. The summed E-state index contributed by atoms with van der Waals surface area (Å²) in [5.41, 5.74) is 5.81. The van der Waals surface area contributed by atoms with Crippen LogP contribution in [-0.4, -0.2) is 5.97 Å². The molecular weight excluding hydrogens is 320 g/mol. The second kappa shape index (κ2) is 8.30. The molecule has 0 bridgehead atoms. The highest BCUT2D eigenvalue weighted by Gasteiger charge is 2.13. The van der Waals surface area contributed by atoms with E-state index in [0.717, 1.165) is 23.1 Å². The minimum absolute atomic E-state index is 0.314. The zero-order valence-corrected chi connectivity index (χ0v) is 15.1. The number of benzene rings is 3. The number of carbonyl (C=O) groups excluding carboxylic acids is 1. The van der Waals surface area contributed by atoms with Crippen molar-refractivity contribution in [3.05, 3.63) is 102 Å². The van der Waals surface area contributed by atoms with Crippen molar-refractivity contribution in [2.45, 2.75) is 20.3 Å². The monoisotopic (exact) mass is 342 g/mol. The van der Waals surface area contributed by atoms with Crippen LogP contribution in [0.3, 0.4) is 0 Å². The number of rotatable bonds is 5. The molecule has 0 heterocycles. The minimum Gasteiger partial charge on any atom is -0.427 e. The molecule has 0 saturated heterocycles. The van der Waals surface area contributed by atoms with Crippen LogP contribution >= 0.6 is 0 Å². The molecule has 3 aromatic rings. The van der Waals surface area contributed by atoms with E-state index in [1.54, 1.807) is 0 Å². The van der Waals surface area contributed by atoms with E-state index in [1.165, 1.54) is 18.1 Å². The normalized spacial score (nSPS) is 11.6. The Kier molecular flexibility index (Phi) is 5.65. The summed E-state index contributed by atoms with van der Waals surface area (Å²) in [6.07, 6.45) is 0.895. The van der Waals surface area contributed by atoms with Crippen LogP contribution in [0.5, 0.6) is 5.75 Å². The number of hydrogen-bond acceptors (Lipinski definition) is 2. The van der Waals surface area contributed by atoms with Crippen LogP contribution < -0.4 is 4.74 Å². The molecule has 3 rings (SSSR count). The van der Waals surface area contributed by atoms with E-state index in [-0.39, 0.29) is 5.97 Å². The van der Waals surface area contributed by atoms with Gasteiger partial charge in [0, 0.05) is 6.92 Å². The predicted octanol–water partition coefficient (Wildman–Crippen LogP) is 5.98. The third-order valence-electron chi connectivity index (χ3n) is 4.22. The molecule has 130 valence electrons. The average molecular weight is 342 g/mol. The smallest absolute Gasteiger partial charge is 0.308 e. The third-order valence-corrected chi connectivity index (χ3v) is 4.22. The highest BCUT2D eigenvalue weighted by molar-refractivity contribution is 5.98. The minimum atomic E-state index is -0.314. The number of allylic oxidation sites excluding steroid dienone is 1. The molecule has 0 radical (unpaired) electrons. The highest BCUT2D eigenvalue weighted by atomic mass is 16.5. The van der Waals surface area contributed by atoms with Gasteiger partial charge in [-0.05, 0) is 46.4 Å². The zero-order valence-electron chi connectivity index (χ0n) is 15.1. The number of esters is 1. The van der Waals surface area contributed by atoms with Crippen molar-refractivity contribution in [1.29, 1.82) is 0 Å². The highest BCUT2D eigenvalue weighted by Crippen LogP contribution is 2.35. The van der Waals surface area contributed by atoms with E-state index in [4.69, 9.17) is 4.74 Å². The molecule has 0 saturated carbocycles.